The Hall–Kier alpha value is -4.94. The lowest BCUT2D eigenvalue weighted by Gasteiger charge is -2.19. The molecule has 6 rings (SSSR count). The summed E-state index contributed by atoms with van der Waals surface area (Å²) in [6.45, 7) is 2.00. The SMILES string of the molecule is Cc1cc(-c2cnc(=O)n(Cc3ccc4c(c3)OCO4)c2)nc(S(=O)(=O)CCC(OCc2ccccc2F)c2ccccc2)n1. The molecule has 3 heterocycles. The number of fused-ring (bicyclic) bond motifs is 1. The van der Waals surface area contributed by atoms with Gasteiger partial charge in [-0.15, -0.1) is 0 Å². The minimum Gasteiger partial charge on any atom is -0.454 e. The number of hydrogen-bond donors (Lipinski definition) is 0. The van der Waals surface area contributed by atoms with E-state index in [1.807, 2.05) is 36.4 Å². The Morgan fingerprint density at radius 2 is 1.76 bits per heavy atom. The average Bonchev–Trinajstić information content (AvgIpc) is 3.51. The number of aryl methyl sites for hydroxylation is 1. The molecule has 10 nitrogen and oxygen atoms in total. The zero-order valence-electron chi connectivity index (χ0n) is 24.3. The van der Waals surface area contributed by atoms with Gasteiger partial charge in [-0.05, 0) is 48.7 Å². The van der Waals surface area contributed by atoms with Crippen molar-refractivity contribution in [2.45, 2.75) is 37.8 Å². The maximum atomic E-state index is 14.2. The van der Waals surface area contributed by atoms with Crippen molar-refractivity contribution in [3.8, 4) is 22.8 Å². The number of aromatic nitrogens is 4. The highest BCUT2D eigenvalue weighted by molar-refractivity contribution is 7.91. The molecule has 0 saturated carbocycles. The standard InChI is InChI=1S/C33H29FN4O6S/c1-22-15-28(26-17-35-33(39)38(19-26)18-23-11-12-30-31(16-23)44-21-43-30)37-32(36-22)45(40,41)14-13-29(24-7-3-2-4-8-24)42-20-25-9-5-6-10-27(25)34/h2-12,15-17,19,29H,13-14,18,20-21H2,1H3. The lowest BCUT2D eigenvalue weighted by Crippen LogP contribution is -2.23. The molecule has 2 aromatic heterocycles. The third kappa shape index (κ3) is 7.08. The van der Waals surface area contributed by atoms with Crippen molar-refractivity contribution < 1.29 is 27.0 Å². The fraction of sp³-hybridized carbons (Fsp3) is 0.212. The van der Waals surface area contributed by atoms with Gasteiger partial charge >= 0.3 is 5.69 Å². The molecule has 1 aliphatic heterocycles. The smallest absolute Gasteiger partial charge is 0.347 e. The van der Waals surface area contributed by atoms with Crippen LogP contribution in [0.1, 0.15) is 34.9 Å². The molecule has 0 spiro atoms. The molecule has 1 aliphatic rings. The molecule has 0 bridgehead atoms. The molecule has 5 aromatic rings. The van der Waals surface area contributed by atoms with Gasteiger partial charge < -0.3 is 14.2 Å². The van der Waals surface area contributed by atoms with Crippen molar-refractivity contribution in [2.24, 2.45) is 0 Å². The summed E-state index contributed by atoms with van der Waals surface area (Å²) in [4.78, 5) is 25.2. The number of ether oxygens (including phenoxy) is 3. The molecule has 0 saturated heterocycles. The van der Waals surface area contributed by atoms with Gasteiger partial charge in [-0.3, -0.25) is 4.57 Å². The minimum atomic E-state index is -3.97. The molecular formula is C33H29FN4O6S. The van der Waals surface area contributed by atoms with E-state index in [4.69, 9.17) is 14.2 Å². The average molecular weight is 629 g/mol. The summed E-state index contributed by atoms with van der Waals surface area (Å²) < 4.78 is 59.6. The van der Waals surface area contributed by atoms with Gasteiger partial charge in [-0.1, -0.05) is 54.6 Å². The van der Waals surface area contributed by atoms with E-state index >= 15 is 0 Å². The number of nitrogens with zero attached hydrogens (tertiary/aromatic N) is 4. The quantitative estimate of drug-likeness (QED) is 0.185. The number of benzene rings is 3. The molecule has 1 unspecified atom stereocenters. The van der Waals surface area contributed by atoms with E-state index in [1.165, 1.54) is 16.8 Å². The van der Waals surface area contributed by atoms with E-state index in [0.717, 1.165) is 11.1 Å². The van der Waals surface area contributed by atoms with Crippen molar-refractivity contribution in [3.05, 3.63) is 130 Å². The van der Waals surface area contributed by atoms with Crippen molar-refractivity contribution in [1.29, 1.82) is 0 Å². The Bertz CT molecular complexity index is 2000. The summed E-state index contributed by atoms with van der Waals surface area (Å²) in [5.74, 6) is 0.525. The summed E-state index contributed by atoms with van der Waals surface area (Å²) >= 11 is 0. The maximum absolute atomic E-state index is 14.2. The van der Waals surface area contributed by atoms with Crippen molar-refractivity contribution in [1.82, 2.24) is 19.5 Å². The number of halogens is 1. The summed E-state index contributed by atoms with van der Waals surface area (Å²) in [7, 11) is -3.97. The van der Waals surface area contributed by atoms with Gasteiger partial charge in [0.15, 0.2) is 11.5 Å². The van der Waals surface area contributed by atoms with E-state index in [2.05, 4.69) is 15.0 Å². The Balaban J connectivity index is 1.22. The fourth-order valence-corrected chi connectivity index (χ4v) is 6.17. The van der Waals surface area contributed by atoms with Crippen LogP contribution < -0.4 is 15.2 Å². The summed E-state index contributed by atoms with van der Waals surface area (Å²) in [6, 6.07) is 22.5. The molecule has 0 amide bonds. The van der Waals surface area contributed by atoms with Crippen molar-refractivity contribution in [3.63, 3.8) is 0 Å². The third-order valence-electron chi connectivity index (χ3n) is 7.27. The van der Waals surface area contributed by atoms with Crippen LogP contribution >= 0.6 is 0 Å². The van der Waals surface area contributed by atoms with Gasteiger partial charge in [0.05, 0.1) is 30.7 Å². The van der Waals surface area contributed by atoms with E-state index in [9.17, 15) is 17.6 Å². The molecule has 0 radical (unpaired) electrons. The number of sulfone groups is 1. The van der Waals surface area contributed by atoms with Gasteiger partial charge in [0.25, 0.3) is 0 Å². The summed E-state index contributed by atoms with van der Waals surface area (Å²) in [5, 5.41) is -0.341. The monoisotopic (exact) mass is 628 g/mol. The molecule has 45 heavy (non-hydrogen) atoms. The molecule has 3 aromatic carbocycles. The molecule has 1 atom stereocenters. The first-order valence-electron chi connectivity index (χ1n) is 14.2. The third-order valence-corrected chi connectivity index (χ3v) is 8.78. The summed E-state index contributed by atoms with van der Waals surface area (Å²) in [6.07, 6.45) is 2.42. The van der Waals surface area contributed by atoms with Gasteiger partial charge in [0.2, 0.25) is 21.8 Å². The van der Waals surface area contributed by atoms with Crippen molar-refractivity contribution >= 4 is 9.84 Å². The second-order valence-corrected chi connectivity index (χ2v) is 12.5. The zero-order valence-corrected chi connectivity index (χ0v) is 25.1. The highest BCUT2D eigenvalue weighted by Crippen LogP contribution is 2.33. The predicted octanol–water partition coefficient (Wildman–Crippen LogP) is 5.05. The molecule has 230 valence electrons. The predicted molar refractivity (Wildman–Crippen MR) is 163 cm³/mol. The lowest BCUT2D eigenvalue weighted by atomic mass is 10.1. The summed E-state index contributed by atoms with van der Waals surface area (Å²) in [5.41, 5.74) is 2.66. The number of hydrogen-bond acceptors (Lipinski definition) is 9. The van der Waals surface area contributed by atoms with Gasteiger partial charge in [-0.2, -0.15) is 0 Å². The molecule has 12 heteroatoms. The van der Waals surface area contributed by atoms with E-state index in [0.29, 0.717) is 34.0 Å². The van der Waals surface area contributed by atoms with Crippen LogP contribution in [0.5, 0.6) is 11.5 Å². The fourth-order valence-electron chi connectivity index (χ4n) is 4.94. The Morgan fingerprint density at radius 3 is 2.58 bits per heavy atom. The van der Waals surface area contributed by atoms with Gasteiger partial charge in [0.1, 0.15) is 5.82 Å². The zero-order chi connectivity index (χ0) is 31.4. The largest absolute Gasteiger partial charge is 0.454 e. The van der Waals surface area contributed by atoms with Crippen LogP contribution in [0.15, 0.2) is 101 Å². The highest BCUT2D eigenvalue weighted by atomic mass is 32.2. The first kappa shape index (κ1) is 30.1. The van der Waals surface area contributed by atoms with Crippen LogP contribution in [0.25, 0.3) is 11.3 Å². The topological polar surface area (TPSA) is 122 Å². The molecule has 0 fully saturated rings. The lowest BCUT2D eigenvalue weighted by molar-refractivity contribution is 0.0361. The van der Waals surface area contributed by atoms with Crippen LogP contribution in [0.3, 0.4) is 0 Å². The van der Waals surface area contributed by atoms with E-state index < -0.39 is 27.4 Å². The van der Waals surface area contributed by atoms with Crippen LogP contribution in [0.4, 0.5) is 4.39 Å². The molecule has 0 N–H and O–H groups in total. The van der Waals surface area contributed by atoms with Gasteiger partial charge in [0, 0.05) is 29.2 Å². The first-order chi connectivity index (χ1) is 21.7. The highest BCUT2D eigenvalue weighted by Gasteiger charge is 2.24. The molecular weight excluding hydrogens is 599 g/mol. The first-order valence-corrected chi connectivity index (χ1v) is 15.8. The number of rotatable bonds is 11. The Labute approximate surface area is 259 Å². The Morgan fingerprint density at radius 1 is 0.978 bits per heavy atom. The van der Waals surface area contributed by atoms with Crippen LogP contribution in [0, 0.1) is 12.7 Å². The van der Waals surface area contributed by atoms with Crippen LogP contribution in [0.2, 0.25) is 0 Å². The maximum Gasteiger partial charge on any atom is 0.347 e. The van der Waals surface area contributed by atoms with Crippen molar-refractivity contribution in [2.75, 3.05) is 12.5 Å². The Kier molecular flexibility index (Phi) is 8.67. The van der Waals surface area contributed by atoms with E-state index in [-0.39, 0.29) is 37.3 Å². The second kappa shape index (κ2) is 13.0. The second-order valence-electron chi connectivity index (χ2n) is 10.5. The van der Waals surface area contributed by atoms with Gasteiger partial charge in [-0.25, -0.2) is 32.6 Å². The van der Waals surface area contributed by atoms with E-state index in [1.54, 1.807) is 49.5 Å². The normalized spacial score (nSPS) is 13.1. The van der Waals surface area contributed by atoms with Crippen LogP contribution in [-0.2, 0) is 27.7 Å². The molecule has 0 aliphatic carbocycles. The minimum absolute atomic E-state index is 0.0215. The van der Waals surface area contributed by atoms with Crippen LogP contribution in [-0.4, -0.2) is 40.5 Å².